The van der Waals surface area contributed by atoms with Gasteiger partial charge in [0.25, 0.3) is 5.56 Å². The zero-order valence-electron chi connectivity index (χ0n) is 24.7. The molecule has 0 unspecified atom stereocenters. The second-order valence-electron chi connectivity index (χ2n) is 9.90. The fraction of sp³-hybridized carbons (Fsp3) is 0.176. The number of esters is 1. The van der Waals surface area contributed by atoms with Gasteiger partial charge in [-0.15, -0.1) is 0 Å². The maximum atomic E-state index is 14.3. The molecule has 9 heteroatoms. The van der Waals surface area contributed by atoms with Gasteiger partial charge in [-0.25, -0.2) is 4.79 Å². The van der Waals surface area contributed by atoms with Crippen molar-refractivity contribution in [3.05, 3.63) is 106 Å². The van der Waals surface area contributed by atoms with E-state index >= 15 is 0 Å². The van der Waals surface area contributed by atoms with E-state index in [4.69, 9.17) is 24.7 Å². The number of carbonyl (C=O) groups is 1. The maximum absolute atomic E-state index is 14.3. The standard InChI is InChI=1S/C34H33N3O6/c1-20-29(40-3)16-22(17-30(20)41-4)31-27-14-13-26(43-19-21-7-6-8-24(15-21)36-2)18-28(27)33(38)37(32(31)34(39)42-5)25-11-9-23(35)10-12-25/h6-18,36H,19,35H2,1-5H3. The average Bonchev–Trinajstić information content (AvgIpc) is 3.04. The minimum atomic E-state index is -0.686. The Labute approximate surface area is 249 Å². The summed E-state index contributed by atoms with van der Waals surface area (Å²) in [5, 5.41) is 4.00. The number of nitrogens with one attached hydrogen (secondary N) is 1. The first-order valence-corrected chi connectivity index (χ1v) is 13.6. The second-order valence-corrected chi connectivity index (χ2v) is 9.90. The average molecular weight is 580 g/mol. The number of fused-ring (bicyclic) bond motifs is 1. The molecule has 5 rings (SSSR count). The smallest absolute Gasteiger partial charge is 0.355 e. The minimum absolute atomic E-state index is 0.0512. The number of ether oxygens (including phenoxy) is 4. The third-order valence-corrected chi connectivity index (χ3v) is 7.35. The van der Waals surface area contributed by atoms with Crippen LogP contribution in [0.3, 0.4) is 0 Å². The molecule has 0 aliphatic rings. The van der Waals surface area contributed by atoms with Gasteiger partial charge >= 0.3 is 5.97 Å². The van der Waals surface area contributed by atoms with Crippen molar-refractivity contribution in [2.24, 2.45) is 0 Å². The summed E-state index contributed by atoms with van der Waals surface area (Å²) in [7, 11) is 6.27. The van der Waals surface area contributed by atoms with Crippen LogP contribution in [0.5, 0.6) is 17.2 Å². The summed E-state index contributed by atoms with van der Waals surface area (Å²) in [5.41, 5.74) is 10.4. The van der Waals surface area contributed by atoms with Crippen molar-refractivity contribution in [3.63, 3.8) is 0 Å². The maximum Gasteiger partial charge on any atom is 0.355 e. The van der Waals surface area contributed by atoms with Crippen LogP contribution >= 0.6 is 0 Å². The summed E-state index contributed by atoms with van der Waals surface area (Å²) >= 11 is 0. The molecule has 0 saturated carbocycles. The Bertz CT molecular complexity index is 1850. The van der Waals surface area contributed by atoms with E-state index in [0.717, 1.165) is 16.8 Å². The molecule has 0 aliphatic heterocycles. The molecule has 5 aromatic rings. The van der Waals surface area contributed by atoms with Gasteiger partial charge in [0.15, 0.2) is 0 Å². The number of benzene rings is 4. The molecule has 0 amide bonds. The second kappa shape index (κ2) is 12.2. The first kappa shape index (κ1) is 29.1. The lowest BCUT2D eigenvalue weighted by molar-refractivity contribution is 0.0591. The van der Waals surface area contributed by atoms with Gasteiger partial charge in [0.2, 0.25) is 0 Å². The highest BCUT2D eigenvalue weighted by atomic mass is 16.5. The Morgan fingerprint density at radius 2 is 1.58 bits per heavy atom. The van der Waals surface area contributed by atoms with Crippen molar-refractivity contribution in [1.82, 2.24) is 4.57 Å². The molecular formula is C34H33N3O6. The van der Waals surface area contributed by atoms with Crippen molar-refractivity contribution in [1.29, 1.82) is 0 Å². The van der Waals surface area contributed by atoms with E-state index in [9.17, 15) is 9.59 Å². The first-order valence-electron chi connectivity index (χ1n) is 13.6. The van der Waals surface area contributed by atoms with Crippen LogP contribution in [0.4, 0.5) is 11.4 Å². The Kier molecular flexibility index (Phi) is 8.25. The molecule has 43 heavy (non-hydrogen) atoms. The summed E-state index contributed by atoms with van der Waals surface area (Å²) in [4.78, 5) is 27.8. The normalized spacial score (nSPS) is 10.8. The summed E-state index contributed by atoms with van der Waals surface area (Å²) in [6.45, 7) is 2.18. The van der Waals surface area contributed by atoms with Crippen LogP contribution < -0.4 is 30.8 Å². The van der Waals surface area contributed by atoms with Gasteiger partial charge in [0.05, 0.1) is 26.7 Å². The zero-order valence-corrected chi connectivity index (χ0v) is 24.7. The monoisotopic (exact) mass is 579 g/mol. The van der Waals surface area contributed by atoms with Gasteiger partial charge < -0.3 is 30.0 Å². The highest BCUT2D eigenvalue weighted by Gasteiger charge is 2.26. The molecule has 1 aromatic heterocycles. The lowest BCUT2D eigenvalue weighted by atomic mass is 9.94. The highest BCUT2D eigenvalue weighted by Crippen LogP contribution is 2.40. The number of hydrogen-bond acceptors (Lipinski definition) is 8. The number of nitrogens with two attached hydrogens (primary N) is 1. The summed E-state index contributed by atoms with van der Waals surface area (Å²) in [6.07, 6.45) is 0. The number of rotatable bonds is 9. The van der Waals surface area contributed by atoms with Crippen LogP contribution in [0.2, 0.25) is 0 Å². The van der Waals surface area contributed by atoms with E-state index in [0.29, 0.717) is 57.1 Å². The molecule has 0 bridgehead atoms. The van der Waals surface area contributed by atoms with E-state index in [1.807, 2.05) is 50.4 Å². The fourth-order valence-corrected chi connectivity index (χ4v) is 5.14. The van der Waals surface area contributed by atoms with Gasteiger partial charge in [0, 0.05) is 35.2 Å². The number of nitrogens with zero attached hydrogens (tertiary/aromatic N) is 1. The molecule has 0 atom stereocenters. The number of methoxy groups -OCH3 is 3. The van der Waals surface area contributed by atoms with Gasteiger partial charge in [-0.05, 0) is 90.2 Å². The van der Waals surface area contributed by atoms with Gasteiger partial charge in [-0.2, -0.15) is 0 Å². The Morgan fingerprint density at radius 3 is 2.21 bits per heavy atom. The Morgan fingerprint density at radius 1 is 0.884 bits per heavy atom. The molecule has 0 spiro atoms. The van der Waals surface area contributed by atoms with Crippen molar-refractivity contribution < 1.29 is 23.7 Å². The van der Waals surface area contributed by atoms with E-state index < -0.39 is 11.5 Å². The fourth-order valence-electron chi connectivity index (χ4n) is 5.14. The SMILES string of the molecule is CNc1cccc(COc2ccc3c(-c4cc(OC)c(C)c(OC)c4)c(C(=O)OC)n(-c4ccc(N)cc4)c(=O)c3c2)c1. The molecule has 0 saturated heterocycles. The molecule has 9 nitrogen and oxygen atoms in total. The van der Waals surface area contributed by atoms with Crippen LogP contribution in [0.15, 0.2) is 83.7 Å². The quantitative estimate of drug-likeness (QED) is 0.162. The van der Waals surface area contributed by atoms with E-state index in [1.54, 1.807) is 56.7 Å². The molecule has 0 aliphatic carbocycles. The lowest BCUT2D eigenvalue weighted by Gasteiger charge is -2.21. The number of carbonyl (C=O) groups excluding carboxylic acids is 1. The summed E-state index contributed by atoms with van der Waals surface area (Å²) < 4.78 is 24.0. The predicted molar refractivity (Wildman–Crippen MR) is 169 cm³/mol. The Balaban J connectivity index is 1.80. The summed E-state index contributed by atoms with van der Waals surface area (Å²) in [6, 6.07) is 23.5. The number of aromatic nitrogens is 1. The molecular weight excluding hydrogens is 546 g/mol. The summed E-state index contributed by atoms with van der Waals surface area (Å²) in [5.74, 6) is 0.938. The van der Waals surface area contributed by atoms with E-state index in [-0.39, 0.29) is 5.69 Å². The van der Waals surface area contributed by atoms with Gasteiger partial charge in [-0.3, -0.25) is 9.36 Å². The minimum Gasteiger partial charge on any atom is -0.496 e. The molecule has 1 heterocycles. The van der Waals surface area contributed by atoms with Crippen LogP contribution in [-0.4, -0.2) is 38.9 Å². The molecule has 4 aromatic carbocycles. The van der Waals surface area contributed by atoms with Crippen LogP contribution in [0, 0.1) is 6.92 Å². The van der Waals surface area contributed by atoms with E-state index in [1.165, 1.54) is 11.7 Å². The van der Waals surface area contributed by atoms with E-state index in [2.05, 4.69) is 5.32 Å². The first-order chi connectivity index (χ1) is 20.8. The number of pyridine rings is 1. The third kappa shape index (κ3) is 5.57. The van der Waals surface area contributed by atoms with Crippen LogP contribution in [0.1, 0.15) is 21.6 Å². The molecule has 220 valence electrons. The third-order valence-electron chi connectivity index (χ3n) is 7.35. The number of nitrogen functional groups attached to an aromatic ring is 1. The number of anilines is 2. The van der Waals surface area contributed by atoms with Crippen molar-refractivity contribution >= 4 is 28.1 Å². The highest BCUT2D eigenvalue weighted by molar-refractivity contribution is 6.07. The predicted octanol–water partition coefficient (Wildman–Crippen LogP) is 5.97. The van der Waals surface area contributed by atoms with Crippen LogP contribution in [0.25, 0.3) is 27.6 Å². The van der Waals surface area contributed by atoms with Crippen LogP contribution in [-0.2, 0) is 11.3 Å². The molecule has 3 N–H and O–H groups in total. The lowest BCUT2D eigenvalue weighted by Crippen LogP contribution is -2.27. The largest absolute Gasteiger partial charge is 0.496 e. The molecule has 0 fully saturated rings. The Hall–Kier alpha value is -5.44. The van der Waals surface area contributed by atoms with Crippen molar-refractivity contribution in [2.45, 2.75) is 13.5 Å². The van der Waals surface area contributed by atoms with Gasteiger partial charge in [0.1, 0.15) is 29.5 Å². The molecule has 0 radical (unpaired) electrons. The van der Waals surface area contributed by atoms with Crippen molar-refractivity contribution in [2.75, 3.05) is 39.4 Å². The zero-order chi connectivity index (χ0) is 30.7. The van der Waals surface area contributed by atoms with Crippen molar-refractivity contribution in [3.8, 4) is 34.1 Å². The number of hydrogen-bond donors (Lipinski definition) is 2. The topological polar surface area (TPSA) is 114 Å². The van der Waals surface area contributed by atoms with Gasteiger partial charge in [-0.1, -0.05) is 12.1 Å².